The van der Waals surface area contributed by atoms with Gasteiger partial charge in [0.15, 0.2) is 5.78 Å². The van der Waals surface area contributed by atoms with Crippen molar-refractivity contribution in [2.24, 2.45) is 5.16 Å². The normalized spacial score (nSPS) is 27.6. The predicted octanol–water partition coefficient (Wildman–Crippen LogP) is 6.13. The molecule has 2 aromatic carbocycles. The number of hydrogen-bond acceptors (Lipinski definition) is 6. The van der Waals surface area contributed by atoms with Crippen molar-refractivity contribution in [2.75, 3.05) is 11.5 Å². The van der Waals surface area contributed by atoms with Gasteiger partial charge in [-0.05, 0) is 60.6 Å². The third-order valence-corrected chi connectivity index (χ3v) is 10.1. The zero-order valence-electron chi connectivity index (χ0n) is 18.7. The molecule has 0 bridgehead atoms. The van der Waals surface area contributed by atoms with Crippen LogP contribution in [0.2, 0.25) is 10.0 Å². The van der Waals surface area contributed by atoms with Crippen LogP contribution in [0.4, 0.5) is 13.2 Å². The predicted molar refractivity (Wildman–Crippen MR) is 136 cm³/mol. The number of carbonyl (C=O) groups excluding carboxylic acids is 2. The summed E-state index contributed by atoms with van der Waals surface area (Å²) in [7, 11) is 0. The molecule has 2 saturated heterocycles. The van der Waals surface area contributed by atoms with Gasteiger partial charge in [-0.15, -0.1) is 23.5 Å². The zero-order valence-corrected chi connectivity index (χ0v) is 21.9. The van der Waals surface area contributed by atoms with E-state index in [9.17, 15) is 22.8 Å². The van der Waals surface area contributed by atoms with Crippen molar-refractivity contribution >= 4 is 64.1 Å². The number of oxime groups is 1. The van der Waals surface area contributed by atoms with Crippen LogP contribution in [0.3, 0.4) is 0 Å². The highest BCUT2D eigenvalue weighted by atomic mass is 35.5. The van der Waals surface area contributed by atoms with Gasteiger partial charge in [0.25, 0.3) is 11.5 Å². The molecule has 0 radical (unpaired) electrons. The molecule has 0 spiro atoms. The van der Waals surface area contributed by atoms with Gasteiger partial charge in [-0.25, -0.2) is 0 Å². The molecule has 190 valence electrons. The van der Waals surface area contributed by atoms with Crippen LogP contribution in [0.1, 0.15) is 39.9 Å². The molecule has 1 amide bonds. The monoisotopic (exact) mass is 574 g/mol. The van der Waals surface area contributed by atoms with Gasteiger partial charge in [-0.1, -0.05) is 34.4 Å². The average molecular weight is 575 g/mol. The molecule has 2 fully saturated rings. The number of rotatable bonds is 5. The first kappa shape index (κ1) is 25.8. The van der Waals surface area contributed by atoms with Crippen molar-refractivity contribution in [3.05, 3.63) is 68.7 Å². The Labute approximate surface area is 223 Å². The Balaban J connectivity index is 1.38. The standard InChI is InChI=1S/C24H19Cl2F3N2O3S2/c1-12-6-13(2-3-17(12)21(33)30-23(4-5-36-23)20-19(32)11-35-20)18-10-22(34-31-18,24(27,28)29)14-7-15(25)9-16(26)8-14/h2-3,6-9,20H,4-5,10-11H2,1H3,(H,30,33). The number of Topliss-reactive ketones (excluding diaryl/α,β-unsaturated/α-hetero) is 1. The molecule has 2 aromatic rings. The van der Waals surface area contributed by atoms with E-state index in [1.807, 2.05) is 0 Å². The van der Waals surface area contributed by atoms with Crippen LogP contribution in [0.25, 0.3) is 0 Å². The molecule has 1 N–H and O–H groups in total. The third-order valence-electron chi connectivity index (χ3n) is 6.59. The van der Waals surface area contributed by atoms with Crippen molar-refractivity contribution in [1.82, 2.24) is 5.32 Å². The lowest BCUT2D eigenvalue weighted by Crippen LogP contribution is -2.63. The first-order valence-corrected chi connectivity index (χ1v) is 13.7. The summed E-state index contributed by atoms with van der Waals surface area (Å²) in [6.07, 6.45) is -4.67. The second-order valence-corrected chi connectivity index (χ2v) is 12.3. The molecule has 3 aliphatic heterocycles. The molecule has 0 saturated carbocycles. The summed E-state index contributed by atoms with van der Waals surface area (Å²) in [5, 5.41) is 6.65. The van der Waals surface area contributed by atoms with Crippen molar-refractivity contribution in [1.29, 1.82) is 0 Å². The molecular formula is C24H19Cl2F3N2O3S2. The topological polar surface area (TPSA) is 67.8 Å². The van der Waals surface area contributed by atoms with E-state index >= 15 is 0 Å². The van der Waals surface area contributed by atoms with Crippen LogP contribution >= 0.6 is 46.7 Å². The van der Waals surface area contributed by atoms with Crippen molar-refractivity contribution in [3.63, 3.8) is 0 Å². The minimum Gasteiger partial charge on any atom is -0.374 e. The number of thioether (sulfide) groups is 2. The van der Waals surface area contributed by atoms with Gasteiger partial charge in [0, 0.05) is 27.6 Å². The fourth-order valence-corrected chi connectivity index (χ4v) is 7.47. The molecule has 36 heavy (non-hydrogen) atoms. The van der Waals surface area contributed by atoms with Gasteiger partial charge < -0.3 is 10.2 Å². The van der Waals surface area contributed by atoms with Crippen molar-refractivity contribution in [3.8, 4) is 0 Å². The Bertz CT molecular complexity index is 1280. The average Bonchev–Trinajstić information content (AvgIpc) is 3.22. The lowest BCUT2D eigenvalue weighted by Gasteiger charge is -2.49. The van der Waals surface area contributed by atoms with E-state index in [1.165, 1.54) is 17.8 Å². The summed E-state index contributed by atoms with van der Waals surface area (Å²) >= 11 is 15.0. The van der Waals surface area contributed by atoms with Crippen LogP contribution in [0.5, 0.6) is 0 Å². The second-order valence-electron chi connectivity index (χ2n) is 8.92. The molecular weight excluding hydrogens is 556 g/mol. The molecule has 3 atom stereocenters. The maximum absolute atomic E-state index is 14.3. The summed E-state index contributed by atoms with van der Waals surface area (Å²) in [5.41, 5.74) is -1.55. The van der Waals surface area contributed by atoms with E-state index in [1.54, 1.807) is 36.9 Å². The summed E-state index contributed by atoms with van der Waals surface area (Å²) in [6.45, 7) is 1.70. The zero-order chi connectivity index (χ0) is 25.9. The fraction of sp³-hybridized carbons (Fsp3) is 0.375. The number of amides is 1. The van der Waals surface area contributed by atoms with Crippen LogP contribution in [0, 0.1) is 6.92 Å². The summed E-state index contributed by atoms with van der Waals surface area (Å²) in [5.74, 6) is 1.13. The minimum absolute atomic E-state index is 0.0498. The number of nitrogens with one attached hydrogen (secondary N) is 1. The van der Waals surface area contributed by atoms with Crippen LogP contribution in [-0.2, 0) is 15.2 Å². The maximum Gasteiger partial charge on any atom is 0.435 e. The SMILES string of the molecule is Cc1cc(C2=NOC(c3cc(Cl)cc(Cl)c3)(C(F)(F)F)C2)ccc1C(=O)NC1(C2SCC2=O)CCS1. The molecule has 5 nitrogen and oxygen atoms in total. The smallest absolute Gasteiger partial charge is 0.374 e. The van der Waals surface area contributed by atoms with E-state index in [0.717, 1.165) is 17.9 Å². The number of nitrogens with zero attached hydrogens (tertiary/aromatic N) is 1. The highest BCUT2D eigenvalue weighted by molar-refractivity contribution is 8.07. The van der Waals surface area contributed by atoms with E-state index < -0.39 is 23.1 Å². The number of benzene rings is 2. The van der Waals surface area contributed by atoms with Gasteiger partial charge in [0.05, 0.1) is 16.7 Å². The summed E-state index contributed by atoms with van der Waals surface area (Å²) < 4.78 is 42.8. The highest BCUT2D eigenvalue weighted by Gasteiger charge is 2.62. The van der Waals surface area contributed by atoms with E-state index in [0.29, 0.717) is 28.9 Å². The first-order chi connectivity index (χ1) is 16.9. The largest absolute Gasteiger partial charge is 0.435 e. The fourth-order valence-electron chi connectivity index (χ4n) is 4.53. The minimum atomic E-state index is -4.80. The van der Waals surface area contributed by atoms with Crippen LogP contribution in [-0.4, -0.2) is 45.2 Å². The third kappa shape index (κ3) is 4.29. The maximum atomic E-state index is 14.3. The number of aryl methyl sites for hydroxylation is 1. The first-order valence-electron chi connectivity index (χ1n) is 10.9. The number of halogens is 5. The van der Waals surface area contributed by atoms with Crippen molar-refractivity contribution in [2.45, 2.75) is 41.7 Å². The molecule has 3 unspecified atom stereocenters. The molecule has 0 aliphatic carbocycles. The van der Waals surface area contributed by atoms with E-state index in [-0.39, 0.29) is 38.3 Å². The molecule has 5 rings (SSSR count). The molecule has 3 heterocycles. The van der Waals surface area contributed by atoms with Gasteiger partial charge in [-0.3, -0.25) is 9.59 Å². The number of hydrogen-bond donors (Lipinski definition) is 1. The Morgan fingerprint density at radius 3 is 2.39 bits per heavy atom. The van der Waals surface area contributed by atoms with E-state index in [2.05, 4.69) is 10.5 Å². The summed E-state index contributed by atoms with van der Waals surface area (Å²) in [6, 6.07) is 8.38. The molecule has 0 aromatic heterocycles. The van der Waals surface area contributed by atoms with Crippen molar-refractivity contribution < 1.29 is 27.6 Å². The number of carbonyl (C=O) groups is 2. The lowest BCUT2D eigenvalue weighted by atomic mass is 9.86. The Morgan fingerprint density at radius 1 is 1.19 bits per heavy atom. The Kier molecular flexibility index (Phi) is 6.54. The van der Waals surface area contributed by atoms with Gasteiger partial charge in [0.1, 0.15) is 4.87 Å². The highest BCUT2D eigenvalue weighted by Crippen LogP contribution is 2.51. The van der Waals surface area contributed by atoms with Gasteiger partial charge in [-0.2, -0.15) is 13.2 Å². The Morgan fingerprint density at radius 2 is 1.89 bits per heavy atom. The Hall–Kier alpha value is -1.88. The van der Waals surface area contributed by atoms with Gasteiger partial charge in [0.2, 0.25) is 0 Å². The van der Waals surface area contributed by atoms with Crippen LogP contribution in [0.15, 0.2) is 41.6 Å². The number of alkyl halides is 3. The second kappa shape index (κ2) is 9.15. The van der Waals surface area contributed by atoms with Gasteiger partial charge >= 0.3 is 6.18 Å². The van der Waals surface area contributed by atoms with Crippen LogP contribution < -0.4 is 5.32 Å². The van der Waals surface area contributed by atoms with E-state index in [4.69, 9.17) is 28.0 Å². The number of ketones is 1. The lowest BCUT2D eigenvalue weighted by molar-refractivity contribution is -0.275. The molecule has 3 aliphatic rings. The summed E-state index contributed by atoms with van der Waals surface area (Å²) in [4.78, 5) is 29.5. The quantitative estimate of drug-likeness (QED) is 0.465. The molecule has 12 heteroatoms.